The summed E-state index contributed by atoms with van der Waals surface area (Å²) in [5, 5.41) is 3.09. The third-order valence-electron chi connectivity index (χ3n) is 4.39. The van der Waals surface area contributed by atoms with Crippen molar-refractivity contribution in [3.63, 3.8) is 0 Å². The standard InChI is InChI=1S/C15H28N2O3/c1-4-15(2,3)16-13(18)11-17-7-5-12(6-8-17)14-19-9-10-20-14/h12,14H,4-11H2,1-3H3,(H,16,18). The first-order chi connectivity index (χ1) is 9.50. The van der Waals surface area contributed by atoms with Crippen molar-refractivity contribution in [3.8, 4) is 0 Å². The number of nitrogens with zero attached hydrogens (tertiary/aromatic N) is 1. The molecular formula is C15H28N2O3. The summed E-state index contributed by atoms with van der Waals surface area (Å²) in [7, 11) is 0. The number of hydrogen-bond acceptors (Lipinski definition) is 4. The van der Waals surface area contributed by atoms with E-state index in [1.165, 1.54) is 0 Å². The van der Waals surface area contributed by atoms with Gasteiger partial charge in [-0.1, -0.05) is 6.92 Å². The monoisotopic (exact) mass is 284 g/mol. The maximum Gasteiger partial charge on any atom is 0.234 e. The van der Waals surface area contributed by atoms with Gasteiger partial charge in [-0.3, -0.25) is 9.69 Å². The van der Waals surface area contributed by atoms with Crippen LogP contribution in [-0.2, 0) is 14.3 Å². The first-order valence-electron chi connectivity index (χ1n) is 7.77. The van der Waals surface area contributed by atoms with E-state index in [0.717, 1.165) is 45.6 Å². The molecule has 0 aliphatic carbocycles. The second-order valence-corrected chi connectivity index (χ2v) is 6.51. The van der Waals surface area contributed by atoms with E-state index in [2.05, 4.69) is 31.0 Å². The van der Waals surface area contributed by atoms with Gasteiger partial charge in [0.25, 0.3) is 0 Å². The molecule has 5 nitrogen and oxygen atoms in total. The topological polar surface area (TPSA) is 50.8 Å². The molecule has 0 aromatic carbocycles. The molecule has 5 heteroatoms. The summed E-state index contributed by atoms with van der Waals surface area (Å²) in [6, 6.07) is 0. The Morgan fingerprint density at radius 3 is 2.40 bits per heavy atom. The Balaban J connectivity index is 1.70. The van der Waals surface area contributed by atoms with Gasteiger partial charge in [-0.15, -0.1) is 0 Å². The highest BCUT2D eigenvalue weighted by atomic mass is 16.7. The number of rotatable bonds is 5. The molecule has 0 unspecified atom stereocenters. The summed E-state index contributed by atoms with van der Waals surface area (Å²) in [5.74, 6) is 0.618. The minimum atomic E-state index is -0.110. The molecule has 2 rings (SSSR count). The number of hydrogen-bond donors (Lipinski definition) is 1. The molecule has 2 heterocycles. The Morgan fingerprint density at radius 2 is 1.85 bits per heavy atom. The zero-order valence-electron chi connectivity index (χ0n) is 13.0. The lowest BCUT2D eigenvalue weighted by molar-refractivity contribution is -0.125. The SMILES string of the molecule is CCC(C)(C)NC(=O)CN1CCC(C2OCCO2)CC1. The van der Waals surface area contributed by atoms with Gasteiger partial charge in [0.05, 0.1) is 19.8 Å². The van der Waals surface area contributed by atoms with Gasteiger partial charge in [-0.2, -0.15) is 0 Å². The molecule has 2 saturated heterocycles. The minimum Gasteiger partial charge on any atom is -0.350 e. The van der Waals surface area contributed by atoms with E-state index in [9.17, 15) is 4.79 Å². The van der Waals surface area contributed by atoms with Crippen LogP contribution in [0, 0.1) is 5.92 Å². The van der Waals surface area contributed by atoms with Crippen LogP contribution < -0.4 is 5.32 Å². The van der Waals surface area contributed by atoms with Crippen molar-refractivity contribution >= 4 is 5.91 Å². The van der Waals surface area contributed by atoms with Crippen LogP contribution in [0.5, 0.6) is 0 Å². The molecule has 0 aromatic rings. The second-order valence-electron chi connectivity index (χ2n) is 6.51. The maximum absolute atomic E-state index is 12.0. The van der Waals surface area contributed by atoms with Gasteiger partial charge in [0.1, 0.15) is 0 Å². The van der Waals surface area contributed by atoms with E-state index in [4.69, 9.17) is 9.47 Å². The molecule has 116 valence electrons. The van der Waals surface area contributed by atoms with Gasteiger partial charge in [0.2, 0.25) is 5.91 Å². The molecule has 0 saturated carbocycles. The van der Waals surface area contributed by atoms with Crippen LogP contribution in [-0.4, -0.2) is 55.5 Å². The van der Waals surface area contributed by atoms with Crippen LogP contribution in [0.25, 0.3) is 0 Å². The fourth-order valence-electron chi connectivity index (χ4n) is 2.74. The lowest BCUT2D eigenvalue weighted by Crippen LogP contribution is -2.49. The van der Waals surface area contributed by atoms with E-state index >= 15 is 0 Å². The van der Waals surface area contributed by atoms with Gasteiger partial charge in [-0.25, -0.2) is 0 Å². The normalized spacial score (nSPS) is 23.1. The molecule has 0 radical (unpaired) electrons. The summed E-state index contributed by atoms with van der Waals surface area (Å²) >= 11 is 0. The average molecular weight is 284 g/mol. The molecular weight excluding hydrogens is 256 g/mol. The number of carbonyl (C=O) groups excluding carboxylic acids is 1. The molecule has 20 heavy (non-hydrogen) atoms. The molecule has 0 spiro atoms. The number of carbonyl (C=O) groups is 1. The fourth-order valence-corrected chi connectivity index (χ4v) is 2.74. The zero-order chi connectivity index (χ0) is 14.6. The van der Waals surface area contributed by atoms with E-state index < -0.39 is 0 Å². The molecule has 2 aliphatic rings. The predicted molar refractivity (Wildman–Crippen MR) is 77.4 cm³/mol. The number of nitrogens with one attached hydrogen (secondary N) is 1. The summed E-state index contributed by atoms with van der Waals surface area (Å²) in [5.41, 5.74) is -0.110. The average Bonchev–Trinajstić information content (AvgIpc) is 2.93. The molecule has 0 bridgehead atoms. The highest BCUT2D eigenvalue weighted by molar-refractivity contribution is 5.78. The summed E-state index contributed by atoms with van der Waals surface area (Å²) in [6.07, 6.45) is 3.03. The van der Waals surface area contributed by atoms with Crippen LogP contribution in [0.2, 0.25) is 0 Å². The summed E-state index contributed by atoms with van der Waals surface area (Å²) in [6.45, 7) is 10.1. The van der Waals surface area contributed by atoms with Gasteiger partial charge in [0.15, 0.2) is 6.29 Å². The number of piperidine rings is 1. The lowest BCUT2D eigenvalue weighted by Gasteiger charge is -2.34. The number of amides is 1. The quantitative estimate of drug-likeness (QED) is 0.828. The van der Waals surface area contributed by atoms with Crippen molar-refractivity contribution in [3.05, 3.63) is 0 Å². The lowest BCUT2D eigenvalue weighted by atomic mass is 9.96. The van der Waals surface area contributed by atoms with Crippen molar-refractivity contribution in [2.45, 2.75) is 51.9 Å². The molecule has 1 amide bonds. The van der Waals surface area contributed by atoms with E-state index in [-0.39, 0.29) is 17.7 Å². The summed E-state index contributed by atoms with van der Waals surface area (Å²) in [4.78, 5) is 14.3. The van der Waals surface area contributed by atoms with E-state index in [0.29, 0.717) is 12.5 Å². The molecule has 1 N–H and O–H groups in total. The van der Waals surface area contributed by atoms with E-state index in [1.54, 1.807) is 0 Å². The van der Waals surface area contributed by atoms with Crippen LogP contribution in [0.15, 0.2) is 0 Å². The van der Waals surface area contributed by atoms with Crippen LogP contribution in [0.4, 0.5) is 0 Å². The van der Waals surface area contributed by atoms with Crippen LogP contribution in [0.1, 0.15) is 40.0 Å². The Labute approximate surface area is 122 Å². The largest absolute Gasteiger partial charge is 0.350 e. The molecule has 0 atom stereocenters. The van der Waals surface area contributed by atoms with Crippen molar-refractivity contribution in [2.75, 3.05) is 32.8 Å². The first-order valence-corrected chi connectivity index (χ1v) is 7.77. The third-order valence-corrected chi connectivity index (χ3v) is 4.39. The molecule has 2 fully saturated rings. The molecule has 2 aliphatic heterocycles. The van der Waals surface area contributed by atoms with Gasteiger partial charge in [-0.05, 0) is 46.2 Å². The Kier molecular flexibility index (Phi) is 5.41. The Bertz CT molecular complexity index is 319. The molecule has 0 aromatic heterocycles. The van der Waals surface area contributed by atoms with E-state index in [1.807, 2.05) is 0 Å². The smallest absolute Gasteiger partial charge is 0.234 e. The van der Waals surface area contributed by atoms with Crippen molar-refractivity contribution in [1.82, 2.24) is 10.2 Å². The highest BCUT2D eigenvalue weighted by Gasteiger charge is 2.31. The van der Waals surface area contributed by atoms with Crippen molar-refractivity contribution in [2.24, 2.45) is 5.92 Å². The number of ether oxygens (including phenoxy) is 2. The highest BCUT2D eigenvalue weighted by Crippen LogP contribution is 2.25. The van der Waals surface area contributed by atoms with Crippen LogP contribution in [0.3, 0.4) is 0 Å². The number of likely N-dealkylation sites (tertiary alicyclic amines) is 1. The maximum atomic E-state index is 12.0. The van der Waals surface area contributed by atoms with Gasteiger partial charge >= 0.3 is 0 Å². The van der Waals surface area contributed by atoms with Gasteiger partial charge < -0.3 is 14.8 Å². The fraction of sp³-hybridized carbons (Fsp3) is 0.933. The zero-order valence-corrected chi connectivity index (χ0v) is 13.0. The summed E-state index contributed by atoms with van der Waals surface area (Å²) < 4.78 is 11.1. The van der Waals surface area contributed by atoms with Crippen molar-refractivity contribution in [1.29, 1.82) is 0 Å². The van der Waals surface area contributed by atoms with Gasteiger partial charge in [0, 0.05) is 11.5 Å². The third kappa shape index (κ3) is 4.43. The second kappa shape index (κ2) is 6.87. The van der Waals surface area contributed by atoms with Crippen LogP contribution >= 0.6 is 0 Å². The minimum absolute atomic E-state index is 0.00926. The predicted octanol–water partition coefficient (Wildman–Crippen LogP) is 1.38. The first kappa shape index (κ1) is 15.7. The Hall–Kier alpha value is -0.650. The van der Waals surface area contributed by atoms with Crippen molar-refractivity contribution < 1.29 is 14.3 Å². The Morgan fingerprint density at radius 1 is 1.25 bits per heavy atom.